The second-order valence-electron chi connectivity index (χ2n) is 14.0. The van der Waals surface area contributed by atoms with Crippen LogP contribution in [0.15, 0.2) is 93.2 Å². The van der Waals surface area contributed by atoms with E-state index in [9.17, 15) is 19.5 Å². The molecule has 0 aliphatic carbocycles. The highest BCUT2D eigenvalue weighted by atomic mass is 32.2. The molecule has 1 atom stereocenters. The van der Waals surface area contributed by atoms with Crippen molar-refractivity contribution in [3.8, 4) is 0 Å². The summed E-state index contributed by atoms with van der Waals surface area (Å²) < 4.78 is 0. The highest BCUT2D eigenvalue weighted by molar-refractivity contribution is 8.14. The molecule has 49 heavy (non-hydrogen) atoms. The molecular weight excluding hydrogens is 627 g/mol. The second kappa shape index (κ2) is 27.8. The summed E-state index contributed by atoms with van der Waals surface area (Å²) in [6.07, 6.45) is 26.6. The lowest BCUT2D eigenvalue weighted by molar-refractivity contribution is -0.138. The third kappa shape index (κ3) is 28.6. The lowest BCUT2D eigenvalue weighted by Gasteiger charge is -2.12. The smallest absolute Gasteiger partial charge is 0.321 e. The minimum atomic E-state index is -0.958. The number of hydrogen-bond acceptors (Lipinski definition) is 5. The molecule has 0 fully saturated rings. The third-order valence-electron chi connectivity index (χ3n) is 8.01. The molecule has 0 spiro atoms. The number of carbonyl (C=O) groups is 3. The quantitative estimate of drug-likeness (QED) is 0.0731. The molecule has 0 saturated carbocycles. The first kappa shape index (κ1) is 46.0. The molecule has 0 aromatic heterocycles. The predicted octanol–water partition coefficient (Wildman–Crippen LogP) is 11.8. The number of allylic oxidation sites excluding steroid dienone is 14. The molecule has 6 heteroatoms. The van der Waals surface area contributed by atoms with Crippen molar-refractivity contribution < 1.29 is 19.5 Å². The zero-order valence-corrected chi connectivity index (χ0v) is 33.3. The van der Waals surface area contributed by atoms with Crippen molar-refractivity contribution in [2.45, 2.75) is 146 Å². The number of rotatable bonds is 25. The van der Waals surface area contributed by atoms with Crippen LogP contribution in [0.3, 0.4) is 0 Å². The Hall–Kier alpha value is -2.96. The van der Waals surface area contributed by atoms with Gasteiger partial charge in [-0.15, -0.1) is 0 Å². The van der Waals surface area contributed by atoms with E-state index in [4.69, 9.17) is 0 Å². The largest absolute Gasteiger partial charge is 0.480 e. The standard InChI is InChI=1S/C43H67NO4S/c1-32(2)16-11-18-34(5)19-13-20-35(6)21-14-22-36(7)26-27-44-41(43(47)48)31-49-42(46)30-39(10)25-15-24-38(9)29-40(45)28-37(8)23-12-17-33(3)4/h16-17,19,21,24,26,28,30,41,44H,11-15,18,20,22-23,25,27,29,31H2,1-10H3,(H,47,48)/b34-19+,35-21+,36-26+,37-28+,38-24+,39-30+/t41-/m0/s1. The Morgan fingerprint density at radius 1 is 0.551 bits per heavy atom. The van der Waals surface area contributed by atoms with Crippen LogP contribution >= 0.6 is 11.8 Å². The Morgan fingerprint density at radius 3 is 1.43 bits per heavy atom. The first-order chi connectivity index (χ1) is 23.1. The summed E-state index contributed by atoms with van der Waals surface area (Å²) in [5.74, 6) is -0.675. The highest BCUT2D eigenvalue weighted by Gasteiger charge is 2.17. The summed E-state index contributed by atoms with van der Waals surface area (Å²) >= 11 is 1.03. The molecule has 5 nitrogen and oxygen atoms in total. The van der Waals surface area contributed by atoms with Gasteiger partial charge in [-0.1, -0.05) is 92.8 Å². The molecule has 0 rings (SSSR count). The number of carboxylic acids is 1. The van der Waals surface area contributed by atoms with E-state index < -0.39 is 12.0 Å². The zero-order valence-electron chi connectivity index (χ0n) is 32.5. The van der Waals surface area contributed by atoms with Gasteiger partial charge >= 0.3 is 5.97 Å². The van der Waals surface area contributed by atoms with E-state index in [2.05, 4.69) is 84.2 Å². The van der Waals surface area contributed by atoms with E-state index in [1.165, 1.54) is 27.9 Å². The van der Waals surface area contributed by atoms with E-state index in [1.54, 1.807) is 12.2 Å². The highest BCUT2D eigenvalue weighted by Crippen LogP contribution is 2.16. The second-order valence-corrected chi connectivity index (χ2v) is 15.0. The number of thioether (sulfide) groups is 1. The molecule has 0 radical (unpaired) electrons. The lowest BCUT2D eigenvalue weighted by Crippen LogP contribution is -2.39. The van der Waals surface area contributed by atoms with Crippen molar-refractivity contribution >= 4 is 28.6 Å². The number of hydrogen-bond donors (Lipinski definition) is 2. The van der Waals surface area contributed by atoms with Crippen LogP contribution in [0, 0.1) is 0 Å². The van der Waals surface area contributed by atoms with Gasteiger partial charge in [-0.05, 0) is 146 Å². The summed E-state index contributed by atoms with van der Waals surface area (Å²) in [4.78, 5) is 36.7. The molecule has 0 aromatic rings. The molecule has 0 saturated heterocycles. The van der Waals surface area contributed by atoms with Crippen molar-refractivity contribution in [1.29, 1.82) is 0 Å². The van der Waals surface area contributed by atoms with E-state index in [0.29, 0.717) is 19.4 Å². The van der Waals surface area contributed by atoms with Gasteiger partial charge in [0.05, 0.1) is 0 Å². The van der Waals surface area contributed by atoms with Crippen LogP contribution in [0.5, 0.6) is 0 Å². The maximum atomic E-state index is 12.5. The Labute approximate surface area is 304 Å². The van der Waals surface area contributed by atoms with Gasteiger partial charge in [0.1, 0.15) is 6.04 Å². The van der Waals surface area contributed by atoms with Crippen LogP contribution < -0.4 is 5.32 Å². The number of carbonyl (C=O) groups excluding carboxylic acids is 2. The van der Waals surface area contributed by atoms with Gasteiger partial charge in [-0.3, -0.25) is 14.4 Å². The fourth-order valence-corrected chi connectivity index (χ4v) is 5.82. The number of nitrogens with one attached hydrogen (secondary N) is 1. The van der Waals surface area contributed by atoms with Crippen LogP contribution in [0.1, 0.15) is 140 Å². The van der Waals surface area contributed by atoms with E-state index >= 15 is 0 Å². The average Bonchev–Trinajstić information content (AvgIpc) is 2.98. The Balaban J connectivity index is 4.56. The van der Waals surface area contributed by atoms with Crippen molar-refractivity contribution in [3.63, 3.8) is 0 Å². The van der Waals surface area contributed by atoms with Gasteiger partial charge in [0.15, 0.2) is 5.78 Å². The first-order valence-electron chi connectivity index (χ1n) is 18.0. The van der Waals surface area contributed by atoms with Gasteiger partial charge in [0, 0.05) is 18.7 Å². The molecule has 0 heterocycles. The lowest BCUT2D eigenvalue weighted by atomic mass is 10.0. The minimum absolute atomic E-state index is 0.118. The molecule has 0 aromatic carbocycles. The molecule has 0 amide bonds. The SMILES string of the molecule is CC(C)=CCC/C(C)=C/CC/C(C)=C/CC/C(C)=C/CN[C@@H](CSC(=O)/C=C(\C)CC/C=C(\C)CC(=O)/C=C(\C)CCC=C(C)C)C(=O)O. The average molecular weight is 694 g/mol. The predicted molar refractivity (Wildman–Crippen MR) is 214 cm³/mol. The molecule has 0 unspecified atom stereocenters. The van der Waals surface area contributed by atoms with E-state index in [0.717, 1.165) is 86.3 Å². The molecule has 274 valence electrons. The van der Waals surface area contributed by atoms with E-state index in [1.807, 2.05) is 26.8 Å². The molecular formula is C43H67NO4S. The maximum Gasteiger partial charge on any atom is 0.321 e. The van der Waals surface area contributed by atoms with E-state index in [-0.39, 0.29) is 16.7 Å². The fourth-order valence-electron chi connectivity index (χ4n) is 4.94. The van der Waals surface area contributed by atoms with Crippen molar-refractivity contribution in [1.82, 2.24) is 5.32 Å². The summed E-state index contributed by atoms with van der Waals surface area (Å²) in [5.41, 5.74) is 9.80. The van der Waals surface area contributed by atoms with Crippen molar-refractivity contribution in [3.05, 3.63) is 93.2 Å². The number of ketones is 1. The fraction of sp³-hybridized carbons (Fsp3) is 0.558. The van der Waals surface area contributed by atoms with Crippen LogP contribution in [-0.4, -0.2) is 40.3 Å². The summed E-state index contributed by atoms with van der Waals surface area (Å²) in [7, 11) is 0. The Morgan fingerprint density at radius 2 is 0.959 bits per heavy atom. The topological polar surface area (TPSA) is 83.5 Å². The van der Waals surface area contributed by atoms with Crippen LogP contribution in [-0.2, 0) is 14.4 Å². The first-order valence-corrected chi connectivity index (χ1v) is 19.0. The maximum absolute atomic E-state index is 12.5. The van der Waals surface area contributed by atoms with Crippen molar-refractivity contribution in [2.24, 2.45) is 0 Å². The number of aliphatic carboxylic acids is 1. The van der Waals surface area contributed by atoms with Crippen LogP contribution in [0.25, 0.3) is 0 Å². The van der Waals surface area contributed by atoms with Crippen LogP contribution in [0.2, 0.25) is 0 Å². The van der Waals surface area contributed by atoms with Gasteiger partial charge in [-0.25, -0.2) is 0 Å². The Kier molecular flexibility index (Phi) is 26.1. The minimum Gasteiger partial charge on any atom is -0.480 e. The van der Waals surface area contributed by atoms with Crippen LogP contribution in [0.4, 0.5) is 0 Å². The van der Waals surface area contributed by atoms with Gasteiger partial charge in [-0.2, -0.15) is 0 Å². The summed E-state index contributed by atoms with van der Waals surface area (Å²) in [6.45, 7) is 21.3. The van der Waals surface area contributed by atoms with Gasteiger partial charge < -0.3 is 10.4 Å². The summed E-state index contributed by atoms with van der Waals surface area (Å²) in [5, 5.41) is 12.6. The van der Waals surface area contributed by atoms with Gasteiger partial charge in [0.25, 0.3) is 0 Å². The Bertz CT molecular complexity index is 1290. The van der Waals surface area contributed by atoms with Crippen molar-refractivity contribution in [2.75, 3.05) is 12.3 Å². The number of carboxylic acid groups (broad SMARTS) is 1. The molecule has 0 bridgehead atoms. The molecule has 0 aliphatic heterocycles. The molecule has 2 N–H and O–H groups in total. The molecule has 0 aliphatic rings. The normalized spacial score (nSPS) is 14.1. The van der Waals surface area contributed by atoms with Gasteiger partial charge in [0.2, 0.25) is 5.12 Å². The summed E-state index contributed by atoms with van der Waals surface area (Å²) in [6, 6.07) is -0.805. The third-order valence-corrected chi connectivity index (χ3v) is 8.91. The zero-order chi connectivity index (χ0) is 37.2. The monoisotopic (exact) mass is 693 g/mol.